The second kappa shape index (κ2) is 6.39. The van der Waals surface area contributed by atoms with Gasteiger partial charge < -0.3 is 5.21 Å². The third-order valence-corrected chi connectivity index (χ3v) is 3.58. The van der Waals surface area contributed by atoms with Crippen molar-refractivity contribution in [1.82, 2.24) is 0 Å². The molecule has 1 aromatic carbocycles. The summed E-state index contributed by atoms with van der Waals surface area (Å²) in [6, 6.07) is 8.33. The molecule has 0 atom stereocenters. The fraction of sp³-hybridized carbons (Fsp3) is 0.438. The summed E-state index contributed by atoms with van der Waals surface area (Å²) >= 11 is 0. The molecule has 1 N–H and O–H groups in total. The van der Waals surface area contributed by atoms with Gasteiger partial charge in [0.05, 0.1) is 0 Å². The summed E-state index contributed by atoms with van der Waals surface area (Å²) in [4.78, 5) is 0. The van der Waals surface area contributed by atoms with Crippen LogP contribution in [0.3, 0.4) is 0 Å². The first-order chi connectivity index (χ1) is 8.85. The Morgan fingerprint density at radius 2 is 1.94 bits per heavy atom. The largest absolute Gasteiger partial charge is 0.410 e. The lowest BCUT2D eigenvalue weighted by Crippen LogP contribution is -2.05. The van der Waals surface area contributed by atoms with Crippen LogP contribution < -0.4 is 0 Å². The Hall–Kier alpha value is -1.57. The van der Waals surface area contributed by atoms with Crippen molar-refractivity contribution in [2.24, 2.45) is 5.16 Å². The second-order valence-electron chi connectivity index (χ2n) is 4.83. The van der Waals surface area contributed by atoms with Crippen LogP contribution in [-0.2, 0) is 6.42 Å². The topological polar surface area (TPSA) is 32.6 Å². The Kier molecular flexibility index (Phi) is 4.57. The number of oxime groups is 1. The summed E-state index contributed by atoms with van der Waals surface area (Å²) in [5.41, 5.74) is 4.27. The average Bonchev–Trinajstić information content (AvgIpc) is 2.70. The maximum atomic E-state index is 9.30. The molecule has 18 heavy (non-hydrogen) atoms. The van der Waals surface area contributed by atoms with Gasteiger partial charge in [0, 0.05) is 5.56 Å². The minimum atomic E-state index is 0.750. The molecule has 2 rings (SSSR count). The van der Waals surface area contributed by atoms with Crippen LogP contribution in [-0.4, -0.2) is 10.9 Å². The van der Waals surface area contributed by atoms with Crippen molar-refractivity contribution in [3.05, 3.63) is 47.0 Å². The molecule has 0 heterocycles. The quantitative estimate of drug-likeness (QED) is 0.478. The van der Waals surface area contributed by atoms with Crippen molar-refractivity contribution in [2.45, 2.75) is 45.4 Å². The van der Waals surface area contributed by atoms with Crippen LogP contribution in [0.4, 0.5) is 0 Å². The molecule has 0 radical (unpaired) electrons. The van der Waals surface area contributed by atoms with Gasteiger partial charge in [-0.25, -0.2) is 0 Å². The number of allylic oxidation sites excluding steroid dienone is 2. The Morgan fingerprint density at radius 1 is 1.17 bits per heavy atom. The molecule has 0 amide bonds. The van der Waals surface area contributed by atoms with Gasteiger partial charge in [0.1, 0.15) is 5.71 Å². The Balaban J connectivity index is 2.24. The molecule has 0 bridgehead atoms. The van der Waals surface area contributed by atoms with Crippen LogP contribution in [0.5, 0.6) is 0 Å². The van der Waals surface area contributed by atoms with Gasteiger partial charge >= 0.3 is 0 Å². The average molecular weight is 243 g/mol. The SMILES string of the molecule is CCc1ccc(C(=NO)C2=CCCCCC2)cc1. The molecule has 0 saturated carbocycles. The highest BCUT2D eigenvalue weighted by Gasteiger charge is 2.12. The standard InChI is InChI=1S/C16H21NO/c1-2-13-9-11-15(12-10-13)16(17-18)14-7-5-3-4-6-8-14/h7,9-12,18H,2-6,8H2,1H3. The number of benzene rings is 1. The molecule has 0 spiro atoms. The number of aryl methyl sites for hydroxylation is 1. The van der Waals surface area contributed by atoms with Crippen molar-refractivity contribution in [1.29, 1.82) is 0 Å². The van der Waals surface area contributed by atoms with E-state index in [0.717, 1.165) is 30.5 Å². The van der Waals surface area contributed by atoms with Gasteiger partial charge in [-0.05, 0) is 43.2 Å². The fourth-order valence-corrected chi connectivity index (χ4v) is 2.44. The van der Waals surface area contributed by atoms with Gasteiger partial charge in [-0.3, -0.25) is 0 Å². The molecule has 0 fully saturated rings. The van der Waals surface area contributed by atoms with E-state index in [2.05, 4.69) is 42.4 Å². The normalized spacial score (nSPS) is 17.2. The maximum Gasteiger partial charge on any atom is 0.112 e. The summed E-state index contributed by atoms with van der Waals surface area (Å²) in [5, 5.41) is 12.8. The molecular weight excluding hydrogens is 222 g/mol. The Morgan fingerprint density at radius 3 is 2.61 bits per heavy atom. The van der Waals surface area contributed by atoms with E-state index in [9.17, 15) is 5.21 Å². The van der Waals surface area contributed by atoms with Crippen LogP contribution in [0, 0.1) is 0 Å². The lowest BCUT2D eigenvalue weighted by atomic mass is 9.97. The van der Waals surface area contributed by atoms with Crippen molar-refractivity contribution in [3.8, 4) is 0 Å². The van der Waals surface area contributed by atoms with Crippen LogP contribution in [0.25, 0.3) is 0 Å². The molecule has 2 heteroatoms. The van der Waals surface area contributed by atoms with Crippen LogP contribution in [0.15, 0.2) is 41.1 Å². The first-order valence-electron chi connectivity index (χ1n) is 6.86. The third-order valence-electron chi connectivity index (χ3n) is 3.58. The smallest absolute Gasteiger partial charge is 0.112 e. The van der Waals surface area contributed by atoms with Gasteiger partial charge in [0.15, 0.2) is 0 Å². The van der Waals surface area contributed by atoms with E-state index in [4.69, 9.17) is 0 Å². The van der Waals surface area contributed by atoms with E-state index in [1.807, 2.05) is 0 Å². The monoisotopic (exact) mass is 243 g/mol. The van der Waals surface area contributed by atoms with Gasteiger partial charge in [0.25, 0.3) is 0 Å². The molecule has 0 unspecified atom stereocenters. The first kappa shape index (κ1) is 12.9. The molecular formula is C16H21NO. The zero-order valence-electron chi connectivity index (χ0n) is 11.0. The lowest BCUT2D eigenvalue weighted by molar-refractivity contribution is 0.319. The molecule has 0 saturated heterocycles. The van der Waals surface area contributed by atoms with Crippen LogP contribution >= 0.6 is 0 Å². The summed E-state index contributed by atoms with van der Waals surface area (Å²) in [5.74, 6) is 0. The van der Waals surface area contributed by atoms with Crippen molar-refractivity contribution < 1.29 is 5.21 Å². The highest BCUT2D eigenvalue weighted by atomic mass is 16.4. The van der Waals surface area contributed by atoms with Gasteiger partial charge in [-0.1, -0.05) is 48.8 Å². The van der Waals surface area contributed by atoms with E-state index in [1.54, 1.807) is 0 Å². The molecule has 0 aromatic heterocycles. The van der Waals surface area contributed by atoms with Crippen LogP contribution in [0.2, 0.25) is 0 Å². The first-order valence-corrected chi connectivity index (χ1v) is 6.86. The van der Waals surface area contributed by atoms with E-state index < -0.39 is 0 Å². The predicted molar refractivity (Wildman–Crippen MR) is 75.3 cm³/mol. The van der Waals surface area contributed by atoms with E-state index >= 15 is 0 Å². The van der Waals surface area contributed by atoms with Gasteiger partial charge in [-0.2, -0.15) is 0 Å². The van der Waals surface area contributed by atoms with Crippen molar-refractivity contribution >= 4 is 5.71 Å². The Bertz CT molecular complexity index is 443. The molecule has 1 aliphatic carbocycles. The third kappa shape index (κ3) is 3.00. The molecule has 1 aromatic rings. The summed E-state index contributed by atoms with van der Waals surface area (Å²) in [6.45, 7) is 2.14. The number of hydrogen-bond acceptors (Lipinski definition) is 2. The predicted octanol–water partition coefficient (Wildman–Crippen LogP) is 4.32. The molecule has 96 valence electrons. The van der Waals surface area contributed by atoms with Crippen molar-refractivity contribution in [2.75, 3.05) is 0 Å². The Labute approximate surface area is 109 Å². The van der Waals surface area contributed by atoms with E-state index in [0.29, 0.717) is 0 Å². The highest BCUT2D eigenvalue weighted by molar-refractivity contribution is 6.12. The minimum absolute atomic E-state index is 0.750. The summed E-state index contributed by atoms with van der Waals surface area (Å²) in [7, 11) is 0. The lowest BCUT2D eigenvalue weighted by Gasteiger charge is -2.09. The molecule has 0 aliphatic heterocycles. The molecule has 1 aliphatic rings. The van der Waals surface area contributed by atoms with E-state index in [-0.39, 0.29) is 0 Å². The number of rotatable bonds is 3. The number of nitrogens with zero attached hydrogens (tertiary/aromatic N) is 1. The fourth-order valence-electron chi connectivity index (χ4n) is 2.44. The maximum absolute atomic E-state index is 9.30. The minimum Gasteiger partial charge on any atom is -0.410 e. The molecule has 2 nitrogen and oxygen atoms in total. The van der Waals surface area contributed by atoms with Crippen molar-refractivity contribution in [3.63, 3.8) is 0 Å². The second-order valence-corrected chi connectivity index (χ2v) is 4.83. The van der Waals surface area contributed by atoms with Crippen LogP contribution in [0.1, 0.15) is 50.2 Å². The number of hydrogen-bond donors (Lipinski definition) is 1. The highest BCUT2D eigenvalue weighted by Crippen LogP contribution is 2.21. The van der Waals surface area contributed by atoms with Gasteiger partial charge in [-0.15, -0.1) is 0 Å². The summed E-state index contributed by atoms with van der Waals surface area (Å²) < 4.78 is 0. The zero-order chi connectivity index (χ0) is 12.8. The van der Waals surface area contributed by atoms with E-state index in [1.165, 1.54) is 30.4 Å². The van der Waals surface area contributed by atoms with Gasteiger partial charge in [0.2, 0.25) is 0 Å². The zero-order valence-corrected chi connectivity index (χ0v) is 11.0. The summed E-state index contributed by atoms with van der Waals surface area (Å²) in [6.07, 6.45) is 9.10.